The summed E-state index contributed by atoms with van der Waals surface area (Å²) in [6.45, 7) is 1.83. The van der Waals surface area contributed by atoms with Crippen molar-refractivity contribution in [1.82, 2.24) is 4.31 Å². The van der Waals surface area contributed by atoms with Crippen molar-refractivity contribution in [3.8, 4) is 11.5 Å². The molecule has 0 spiro atoms. The third kappa shape index (κ3) is 4.19. The minimum atomic E-state index is -4.14. The molecule has 29 heavy (non-hydrogen) atoms. The molecule has 0 bridgehead atoms. The molecule has 0 aliphatic carbocycles. The van der Waals surface area contributed by atoms with E-state index in [1.807, 2.05) is 6.92 Å². The zero-order valence-corrected chi connectivity index (χ0v) is 17.2. The van der Waals surface area contributed by atoms with Crippen LogP contribution in [0.3, 0.4) is 0 Å². The first-order valence-electron chi connectivity index (χ1n) is 8.94. The molecule has 1 aliphatic heterocycles. The van der Waals surface area contributed by atoms with E-state index >= 15 is 0 Å². The molecule has 8 nitrogen and oxygen atoms in total. The van der Waals surface area contributed by atoms with Gasteiger partial charge in [-0.25, -0.2) is 12.7 Å². The number of rotatable bonds is 6. The van der Waals surface area contributed by atoms with Gasteiger partial charge in [0.15, 0.2) is 0 Å². The number of carbonyl (C=O) groups is 2. The van der Waals surface area contributed by atoms with Crippen molar-refractivity contribution in [2.75, 3.05) is 19.5 Å². The zero-order chi connectivity index (χ0) is 21.2. The number of hydrogen-bond donors (Lipinski definition) is 1. The van der Waals surface area contributed by atoms with Gasteiger partial charge >= 0.3 is 0 Å². The molecule has 0 unspecified atom stereocenters. The number of amides is 2. The van der Waals surface area contributed by atoms with E-state index in [1.54, 1.807) is 30.3 Å². The summed E-state index contributed by atoms with van der Waals surface area (Å²) >= 11 is 0. The standard InChI is InChI=1S/C20H22N2O6S/c1-13-4-6-17(7-5-13)29(25,26)22-18(8-9-19(22)23)20(24)21-14-10-15(27-2)12-16(11-14)28-3/h4-7,10-12,18H,8-9H2,1-3H3,(H,21,24)/t18-/m0/s1. The highest BCUT2D eigenvalue weighted by molar-refractivity contribution is 7.89. The van der Waals surface area contributed by atoms with E-state index in [1.165, 1.54) is 26.4 Å². The molecule has 1 fully saturated rings. The van der Waals surface area contributed by atoms with Crippen LogP contribution in [0.4, 0.5) is 5.69 Å². The molecule has 3 rings (SSSR count). The highest BCUT2D eigenvalue weighted by Gasteiger charge is 2.44. The molecular weight excluding hydrogens is 396 g/mol. The van der Waals surface area contributed by atoms with Crippen LogP contribution < -0.4 is 14.8 Å². The number of hydrogen-bond acceptors (Lipinski definition) is 6. The van der Waals surface area contributed by atoms with E-state index < -0.39 is 27.9 Å². The quantitative estimate of drug-likeness (QED) is 0.773. The lowest BCUT2D eigenvalue weighted by atomic mass is 10.2. The Morgan fingerprint density at radius 3 is 2.21 bits per heavy atom. The van der Waals surface area contributed by atoms with Gasteiger partial charge in [0.1, 0.15) is 17.5 Å². The second kappa shape index (κ2) is 8.12. The van der Waals surface area contributed by atoms with Crippen molar-refractivity contribution in [2.24, 2.45) is 0 Å². The number of nitrogens with zero attached hydrogens (tertiary/aromatic N) is 1. The Bertz CT molecular complexity index is 1010. The number of nitrogens with one attached hydrogen (secondary N) is 1. The monoisotopic (exact) mass is 418 g/mol. The highest BCUT2D eigenvalue weighted by atomic mass is 32.2. The molecule has 2 aromatic rings. The fourth-order valence-electron chi connectivity index (χ4n) is 3.13. The van der Waals surface area contributed by atoms with Crippen molar-refractivity contribution in [3.05, 3.63) is 48.0 Å². The molecule has 1 saturated heterocycles. The zero-order valence-electron chi connectivity index (χ0n) is 16.3. The fourth-order valence-corrected chi connectivity index (χ4v) is 4.73. The maximum Gasteiger partial charge on any atom is 0.267 e. The number of aryl methyl sites for hydroxylation is 1. The van der Waals surface area contributed by atoms with Crippen molar-refractivity contribution in [3.63, 3.8) is 0 Å². The molecule has 1 aliphatic rings. The smallest absolute Gasteiger partial charge is 0.267 e. The second-order valence-electron chi connectivity index (χ2n) is 6.65. The fraction of sp³-hybridized carbons (Fsp3) is 0.300. The first kappa shape index (κ1) is 20.7. The Morgan fingerprint density at radius 2 is 1.66 bits per heavy atom. The summed E-state index contributed by atoms with van der Waals surface area (Å²) in [5.74, 6) is -0.270. The van der Waals surface area contributed by atoms with Crippen LogP contribution >= 0.6 is 0 Å². The van der Waals surface area contributed by atoms with Crippen molar-refractivity contribution in [2.45, 2.75) is 30.7 Å². The predicted molar refractivity (Wildman–Crippen MR) is 106 cm³/mol. The van der Waals surface area contributed by atoms with E-state index in [9.17, 15) is 18.0 Å². The molecule has 2 aromatic carbocycles. The summed E-state index contributed by atoms with van der Waals surface area (Å²) in [4.78, 5) is 25.2. The van der Waals surface area contributed by atoms with Crippen LogP contribution in [-0.4, -0.2) is 44.8 Å². The Morgan fingerprint density at radius 1 is 1.07 bits per heavy atom. The Balaban J connectivity index is 1.88. The minimum Gasteiger partial charge on any atom is -0.497 e. The maximum atomic E-state index is 13.0. The molecule has 0 radical (unpaired) electrons. The molecule has 1 heterocycles. The summed E-state index contributed by atoms with van der Waals surface area (Å²) in [7, 11) is -1.19. The number of methoxy groups -OCH3 is 2. The molecule has 0 saturated carbocycles. The van der Waals surface area contributed by atoms with Crippen molar-refractivity contribution in [1.29, 1.82) is 0 Å². The van der Waals surface area contributed by atoms with Gasteiger partial charge in [-0.05, 0) is 25.5 Å². The largest absolute Gasteiger partial charge is 0.497 e. The van der Waals surface area contributed by atoms with Gasteiger partial charge in [0, 0.05) is 30.3 Å². The molecule has 2 amide bonds. The predicted octanol–water partition coefficient (Wildman–Crippen LogP) is 2.33. The van der Waals surface area contributed by atoms with Crippen LogP contribution in [0.1, 0.15) is 18.4 Å². The van der Waals surface area contributed by atoms with Crippen molar-refractivity contribution < 1.29 is 27.5 Å². The van der Waals surface area contributed by atoms with Gasteiger partial charge in [-0.1, -0.05) is 17.7 Å². The van der Waals surface area contributed by atoms with Crippen LogP contribution in [-0.2, 0) is 19.6 Å². The average molecular weight is 418 g/mol. The number of ether oxygens (including phenoxy) is 2. The molecule has 0 aromatic heterocycles. The summed E-state index contributed by atoms with van der Waals surface area (Å²) in [5.41, 5.74) is 1.26. The van der Waals surface area contributed by atoms with Gasteiger partial charge in [0.05, 0.1) is 19.1 Å². The highest BCUT2D eigenvalue weighted by Crippen LogP contribution is 2.30. The Labute approximate surface area is 169 Å². The van der Waals surface area contributed by atoms with Crippen LogP contribution in [0.25, 0.3) is 0 Å². The molecule has 154 valence electrons. The van der Waals surface area contributed by atoms with E-state index in [4.69, 9.17) is 9.47 Å². The number of sulfonamides is 1. The number of anilines is 1. The van der Waals surface area contributed by atoms with E-state index in [0.29, 0.717) is 21.5 Å². The minimum absolute atomic E-state index is 0.0232. The lowest BCUT2D eigenvalue weighted by Crippen LogP contribution is -2.45. The normalized spacial score (nSPS) is 16.6. The van der Waals surface area contributed by atoms with Crippen LogP contribution in [0.2, 0.25) is 0 Å². The molecular formula is C20H22N2O6S. The third-order valence-corrected chi connectivity index (χ3v) is 6.50. The summed E-state index contributed by atoms with van der Waals surface area (Å²) < 4.78 is 37.0. The van der Waals surface area contributed by atoms with E-state index in [-0.39, 0.29) is 17.7 Å². The Hall–Kier alpha value is -3.07. The lowest BCUT2D eigenvalue weighted by Gasteiger charge is -2.24. The van der Waals surface area contributed by atoms with Gasteiger partial charge in [-0.3, -0.25) is 9.59 Å². The lowest BCUT2D eigenvalue weighted by molar-refractivity contribution is -0.128. The van der Waals surface area contributed by atoms with Crippen LogP contribution in [0.15, 0.2) is 47.4 Å². The second-order valence-corrected chi connectivity index (χ2v) is 8.47. The molecule has 1 atom stereocenters. The van der Waals surface area contributed by atoms with E-state index in [0.717, 1.165) is 5.56 Å². The summed E-state index contributed by atoms with van der Waals surface area (Å²) in [6.07, 6.45) is 0.0848. The van der Waals surface area contributed by atoms with Gasteiger partial charge in [-0.2, -0.15) is 0 Å². The van der Waals surface area contributed by atoms with Gasteiger partial charge in [-0.15, -0.1) is 0 Å². The number of carbonyl (C=O) groups excluding carboxylic acids is 2. The van der Waals surface area contributed by atoms with Gasteiger partial charge < -0.3 is 14.8 Å². The van der Waals surface area contributed by atoms with E-state index in [2.05, 4.69) is 5.32 Å². The maximum absolute atomic E-state index is 13.0. The van der Waals surface area contributed by atoms with Crippen molar-refractivity contribution >= 4 is 27.5 Å². The van der Waals surface area contributed by atoms with Crippen LogP contribution in [0.5, 0.6) is 11.5 Å². The van der Waals surface area contributed by atoms with Gasteiger partial charge in [0.2, 0.25) is 11.8 Å². The third-order valence-electron chi connectivity index (χ3n) is 4.66. The molecule has 1 N–H and O–H groups in total. The number of benzene rings is 2. The average Bonchev–Trinajstić information content (AvgIpc) is 3.10. The summed E-state index contributed by atoms with van der Waals surface area (Å²) in [6, 6.07) is 9.81. The first-order valence-corrected chi connectivity index (χ1v) is 10.4. The molecule has 9 heteroatoms. The Kier molecular flexibility index (Phi) is 5.78. The first-order chi connectivity index (χ1) is 13.8. The van der Waals surface area contributed by atoms with Gasteiger partial charge in [0.25, 0.3) is 10.0 Å². The topological polar surface area (TPSA) is 102 Å². The summed E-state index contributed by atoms with van der Waals surface area (Å²) in [5, 5.41) is 2.66. The van der Waals surface area contributed by atoms with Crippen LogP contribution in [0, 0.1) is 6.92 Å². The SMILES string of the molecule is COc1cc(NC(=O)[C@@H]2CCC(=O)N2S(=O)(=O)c2ccc(C)cc2)cc(OC)c1.